The van der Waals surface area contributed by atoms with Crippen LogP contribution in [-0.4, -0.2) is 49.4 Å². The first-order valence-corrected chi connectivity index (χ1v) is 13.6. The fraction of sp³-hybridized carbons (Fsp3) is 0.185. The number of hydrogen-bond acceptors (Lipinski definition) is 8. The SMILES string of the molecule is COc1ccc(N(CC(=O)Nc2c(C)n(C)n(-c3ccccc3)c2=O)S(=O)(=O)c2ccccc2[N+](=O)[O-])c(OC)c1. The van der Waals surface area contributed by atoms with E-state index in [1.807, 2.05) is 0 Å². The Kier molecular flexibility index (Phi) is 8.14. The van der Waals surface area contributed by atoms with Gasteiger partial charge in [0.2, 0.25) is 5.91 Å². The van der Waals surface area contributed by atoms with E-state index in [2.05, 4.69) is 5.32 Å². The predicted octanol–water partition coefficient (Wildman–Crippen LogP) is 3.24. The first kappa shape index (κ1) is 28.9. The highest BCUT2D eigenvalue weighted by molar-refractivity contribution is 7.93. The van der Waals surface area contributed by atoms with Gasteiger partial charge in [0.15, 0.2) is 4.90 Å². The number of carbonyl (C=O) groups excluding carboxylic acids is 1. The molecule has 0 saturated heterocycles. The molecule has 0 bridgehead atoms. The lowest BCUT2D eigenvalue weighted by molar-refractivity contribution is -0.387. The Labute approximate surface area is 235 Å². The van der Waals surface area contributed by atoms with Crippen molar-refractivity contribution in [3.8, 4) is 17.2 Å². The molecule has 1 aromatic heterocycles. The molecule has 4 aromatic rings. The van der Waals surface area contributed by atoms with Gasteiger partial charge in [0, 0.05) is 19.2 Å². The van der Waals surface area contributed by atoms with Crippen molar-refractivity contribution in [2.24, 2.45) is 7.05 Å². The molecule has 0 atom stereocenters. The third kappa shape index (κ3) is 5.49. The third-order valence-electron chi connectivity index (χ3n) is 6.39. The van der Waals surface area contributed by atoms with Crippen molar-refractivity contribution in [2.75, 3.05) is 30.4 Å². The van der Waals surface area contributed by atoms with Crippen LogP contribution in [0.1, 0.15) is 5.69 Å². The first-order chi connectivity index (χ1) is 19.5. The van der Waals surface area contributed by atoms with Gasteiger partial charge in [-0.15, -0.1) is 0 Å². The summed E-state index contributed by atoms with van der Waals surface area (Å²) in [6.07, 6.45) is 0. The van der Waals surface area contributed by atoms with Crippen LogP contribution in [0.15, 0.2) is 82.5 Å². The van der Waals surface area contributed by atoms with Gasteiger partial charge in [-0.3, -0.25) is 28.7 Å². The Morgan fingerprint density at radius 2 is 1.68 bits per heavy atom. The van der Waals surface area contributed by atoms with E-state index in [-0.39, 0.29) is 17.1 Å². The maximum atomic E-state index is 13.9. The van der Waals surface area contributed by atoms with E-state index < -0.39 is 43.5 Å². The third-order valence-corrected chi connectivity index (χ3v) is 8.20. The van der Waals surface area contributed by atoms with E-state index >= 15 is 0 Å². The molecule has 0 unspecified atom stereocenters. The minimum absolute atomic E-state index is 0.0293. The molecule has 14 heteroatoms. The lowest BCUT2D eigenvalue weighted by Crippen LogP contribution is -2.39. The maximum Gasteiger partial charge on any atom is 0.295 e. The van der Waals surface area contributed by atoms with E-state index in [0.717, 1.165) is 12.1 Å². The molecule has 0 aliphatic heterocycles. The van der Waals surface area contributed by atoms with Gasteiger partial charge in [-0.2, -0.15) is 0 Å². The summed E-state index contributed by atoms with van der Waals surface area (Å²) in [5.41, 5.74) is -0.344. The van der Waals surface area contributed by atoms with Crippen molar-refractivity contribution in [1.82, 2.24) is 9.36 Å². The summed E-state index contributed by atoms with van der Waals surface area (Å²) in [6, 6.07) is 17.8. The number of ether oxygens (including phenoxy) is 2. The Morgan fingerprint density at radius 3 is 2.32 bits per heavy atom. The minimum Gasteiger partial charge on any atom is -0.497 e. The number of nitrogens with one attached hydrogen (secondary N) is 1. The van der Waals surface area contributed by atoms with Crippen LogP contribution in [-0.2, 0) is 21.9 Å². The van der Waals surface area contributed by atoms with Crippen LogP contribution < -0.4 is 24.7 Å². The number of aromatic nitrogens is 2. The van der Waals surface area contributed by atoms with Crippen LogP contribution >= 0.6 is 0 Å². The standard InChI is InChI=1S/C27H27N5O8S/c1-18-26(27(34)31(29(18)2)19-10-6-5-7-11-19)28-25(33)17-30(21-15-14-20(39-3)16-23(21)40-4)41(37,38)24-13-9-8-12-22(24)32(35)36/h5-16H,17H2,1-4H3,(H,28,33). The highest BCUT2D eigenvalue weighted by Gasteiger charge is 2.35. The van der Waals surface area contributed by atoms with Gasteiger partial charge in [0.1, 0.15) is 23.7 Å². The van der Waals surface area contributed by atoms with Crippen molar-refractivity contribution in [2.45, 2.75) is 11.8 Å². The van der Waals surface area contributed by atoms with E-state index in [0.29, 0.717) is 21.4 Å². The van der Waals surface area contributed by atoms with Crippen molar-refractivity contribution in [1.29, 1.82) is 0 Å². The molecular formula is C27H27N5O8S. The fourth-order valence-corrected chi connectivity index (χ4v) is 5.85. The Bertz CT molecular complexity index is 1780. The molecule has 3 aromatic carbocycles. The van der Waals surface area contributed by atoms with Gasteiger partial charge in [-0.1, -0.05) is 30.3 Å². The quantitative estimate of drug-likeness (QED) is 0.221. The minimum atomic E-state index is -4.71. The van der Waals surface area contributed by atoms with Gasteiger partial charge in [0.05, 0.1) is 36.2 Å². The molecule has 1 N–H and O–H groups in total. The number of carbonyl (C=O) groups is 1. The molecular weight excluding hydrogens is 554 g/mol. The topological polar surface area (TPSA) is 155 Å². The van der Waals surface area contributed by atoms with Gasteiger partial charge in [-0.25, -0.2) is 13.1 Å². The molecule has 0 fully saturated rings. The van der Waals surface area contributed by atoms with Gasteiger partial charge in [0.25, 0.3) is 21.3 Å². The molecule has 0 saturated carbocycles. The Hall–Kier alpha value is -5.11. The lowest BCUT2D eigenvalue weighted by Gasteiger charge is -2.25. The second-order valence-corrected chi connectivity index (χ2v) is 10.6. The second kappa shape index (κ2) is 11.6. The monoisotopic (exact) mass is 581 g/mol. The zero-order chi connectivity index (χ0) is 29.9. The van der Waals surface area contributed by atoms with Crippen LogP contribution in [0.2, 0.25) is 0 Å². The Morgan fingerprint density at radius 1 is 1.02 bits per heavy atom. The number of nitrogens with zero attached hydrogens (tertiary/aromatic N) is 4. The number of nitro benzene ring substituents is 1. The van der Waals surface area contributed by atoms with E-state index in [1.54, 1.807) is 49.0 Å². The number of nitro groups is 1. The summed E-state index contributed by atoms with van der Waals surface area (Å²) in [4.78, 5) is 36.9. The number of amides is 1. The van der Waals surface area contributed by atoms with Crippen LogP contribution in [0.3, 0.4) is 0 Å². The number of hydrogen-bond donors (Lipinski definition) is 1. The van der Waals surface area contributed by atoms with E-state index in [4.69, 9.17) is 9.47 Å². The van der Waals surface area contributed by atoms with Crippen LogP contribution in [0, 0.1) is 17.0 Å². The number of benzene rings is 3. The average molecular weight is 582 g/mol. The second-order valence-electron chi connectivity index (χ2n) is 8.76. The normalized spacial score (nSPS) is 11.1. The van der Waals surface area contributed by atoms with Gasteiger partial charge in [-0.05, 0) is 37.3 Å². The molecule has 0 radical (unpaired) electrons. The largest absolute Gasteiger partial charge is 0.497 e. The summed E-state index contributed by atoms with van der Waals surface area (Å²) in [7, 11) is -0.358. The zero-order valence-electron chi connectivity index (χ0n) is 22.6. The molecule has 0 spiro atoms. The van der Waals surface area contributed by atoms with Crippen molar-refractivity contribution in [3.05, 3.63) is 99.0 Å². The van der Waals surface area contributed by atoms with Gasteiger partial charge < -0.3 is 14.8 Å². The lowest BCUT2D eigenvalue weighted by atomic mass is 10.2. The summed E-state index contributed by atoms with van der Waals surface area (Å²) >= 11 is 0. The predicted molar refractivity (Wildman–Crippen MR) is 152 cm³/mol. The molecule has 0 aliphatic carbocycles. The molecule has 4 rings (SSSR count). The summed E-state index contributed by atoms with van der Waals surface area (Å²) in [6.45, 7) is 0.793. The first-order valence-electron chi connectivity index (χ1n) is 12.1. The summed E-state index contributed by atoms with van der Waals surface area (Å²) < 4.78 is 42.0. The number of para-hydroxylation sites is 2. The highest BCUT2D eigenvalue weighted by atomic mass is 32.2. The van der Waals surface area contributed by atoms with Crippen molar-refractivity contribution < 1.29 is 27.6 Å². The molecule has 0 aliphatic rings. The number of sulfonamides is 1. The summed E-state index contributed by atoms with van der Waals surface area (Å²) in [5.74, 6) is -0.489. The van der Waals surface area contributed by atoms with E-state index in [1.165, 1.54) is 49.2 Å². The number of methoxy groups -OCH3 is 2. The molecule has 1 amide bonds. The van der Waals surface area contributed by atoms with E-state index in [9.17, 15) is 28.1 Å². The highest BCUT2D eigenvalue weighted by Crippen LogP contribution is 2.37. The van der Waals surface area contributed by atoms with Gasteiger partial charge >= 0.3 is 0 Å². The fourth-order valence-electron chi connectivity index (χ4n) is 4.26. The molecule has 1 heterocycles. The van der Waals surface area contributed by atoms with Crippen LogP contribution in [0.4, 0.5) is 17.1 Å². The number of anilines is 2. The Balaban J connectivity index is 1.80. The summed E-state index contributed by atoms with van der Waals surface area (Å²) in [5, 5.41) is 14.2. The number of rotatable bonds is 10. The average Bonchev–Trinajstić information content (AvgIpc) is 3.18. The maximum absolute atomic E-state index is 13.9. The van der Waals surface area contributed by atoms with Crippen LogP contribution in [0.5, 0.6) is 11.5 Å². The van der Waals surface area contributed by atoms with Crippen molar-refractivity contribution in [3.63, 3.8) is 0 Å². The smallest absolute Gasteiger partial charge is 0.295 e. The molecule has 41 heavy (non-hydrogen) atoms. The zero-order valence-corrected chi connectivity index (χ0v) is 23.4. The molecule has 214 valence electrons. The van der Waals surface area contributed by atoms with Crippen molar-refractivity contribution >= 4 is 33.0 Å². The van der Waals surface area contributed by atoms with Crippen LogP contribution in [0.25, 0.3) is 5.69 Å². The molecule has 13 nitrogen and oxygen atoms in total.